The number of nitrogens with zero attached hydrogens (tertiary/aromatic N) is 1. The molecule has 0 unspecified atom stereocenters. The number of furan rings is 1. The number of ether oxygens (including phenoxy) is 1. The highest BCUT2D eigenvalue weighted by Crippen LogP contribution is 2.40. The van der Waals surface area contributed by atoms with Crippen LogP contribution in [0.5, 0.6) is 0 Å². The fraction of sp³-hybridized carbons (Fsp3) is 0.615. The van der Waals surface area contributed by atoms with Crippen molar-refractivity contribution in [3.05, 3.63) is 23.7 Å². The van der Waals surface area contributed by atoms with E-state index in [1.54, 1.807) is 6.07 Å². The van der Waals surface area contributed by atoms with Crippen molar-refractivity contribution in [1.82, 2.24) is 4.90 Å². The molecule has 0 atom stereocenters. The lowest BCUT2D eigenvalue weighted by Crippen LogP contribution is -2.57. The van der Waals surface area contributed by atoms with Gasteiger partial charge in [-0.15, -0.1) is 0 Å². The van der Waals surface area contributed by atoms with Crippen molar-refractivity contribution >= 4 is 5.97 Å². The molecule has 5 nitrogen and oxygen atoms in total. The molecule has 3 rings (SSSR count). The van der Waals surface area contributed by atoms with Crippen molar-refractivity contribution in [3.8, 4) is 0 Å². The topological polar surface area (TPSA) is 62.9 Å². The Labute approximate surface area is 105 Å². The Morgan fingerprint density at radius 1 is 1.33 bits per heavy atom. The third-order valence-electron chi connectivity index (χ3n) is 3.92. The van der Waals surface area contributed by atoms with Gasteiger partial charge in [0, 0.05) is 31.7 Å². The highest BCUT2D eigenvalue weighted by molar-refractivity contribution is 5.84. The summed E-state index contributed by atoms with van der Waals surface area (Å²) in [6, 6.07) is 3.26. The number of likely N-dealkylation sites (tertiary alicyclic amines) is 1. The summed E-state index contributed by atoms with van der Waals surface area (Å²) in [6.07, 6.45) is 2.28. The van der Waals surface area contributed by atoms with Crippen LogP contribution in [0.2, 0.25) is 0 Å². The third-order valence-corrected chi connectivity index (χ3v) is 3.92. The minimum absolute atomic E-state index is 0.0197. The predicted octanol–water partition coefficient (Wildman–Crippen LogP) is 1.59. The van der Waals surface area contributed by atoms with Gasteiger partial charge in [0.15, 0.2) is 0 Å². The Morgan fingerprint density at radius 3 is 2.67 bits per heavy atom. The van der Waals surface area contributed by atoms with Crippen LogP contribution < -0.4 is 0 Å². The van der Waals surface area contributed by atoms with Gasteiger partial charge in [-0.2, -0.15) is 0 Å². The zero-order valence-corrected chi connectivity index (χ0v) is 10.2. The van der Waals surface area contributed by atoms with Crippen LogP contribution in [0.4, 0.5) is 0 Å². The molecule has 0 amide bonds. The van der Waals surface area contributed by atoms with Crippen LogP contribution in [0.3, 0.4) is 0 Å². The van der Waals surface area contributed by atoms with Crippen LogP contribution >= 0.6 is 0 Å². The molecule has 0 aromatic carbocycles. The summed E-state index contributed by atoms with van der Waals surface area (Å²) in [5.41, 5.74) is 0.445. The molecular weight excluding hydrogens is 234 g/mol. The van der Waals surface area contributed by atoms with Gasteiger partial charge in [0.25, 0.3) is 0 Å². The third kappa shape index (κ3) is 2.15. The molecule has 98 valence electrons. The number of hydrogen-bond donors (Lipinski definition) is 1. The Morgan fingerprint density at radius 2 is 2.06 bits per heavy atom. The lowest BCUT2D eigenvalue weighted by molar-refractivity contribution is -0.0857. The fourth-order valence-electron chi connectivity index (χ4n) is 2.93. The van der Waals surface area contributed by atoms with Crippen molar-refractivity contribution in [3.63, 3.8) is 0 Å². The minimum atomic E-state index is -1.01. The zero-order valence-electron chi connectivity index (χ0n) is 10.2. The van der Waals surface area contributed by atoms with Gasteiger partial charge in [0.1, 0.15) is 5.76 Å². The van der Waals surface area contributed by atoms with E-state index >= 15 is 0 Å². The maximum atomic E-state index is 10.7. The summed E-state index contributed by atoms with van der Waals surface area (Å²) in [6.45, 7) is 4.59. The maximum absolute atomic E-state index is 10.7. The molecular formula is C13H17NO4. The molecule has 0 aliphatic carbocycles. The molecule has 2 aliphatic heterocycles. The van der Waals surface area contributed by atoms with Gasteiger partial charge in [0.05, 0.1) is 6.54 Å². The van der Waals surface area contributed by atoms with Gasteiger partial charge >= 0.3 is 5.97 Å². The van der Waals surface area contributed by atoms with Crippen LogP contribution in [0.1, 0.15) is 29.2 Å². The first-order valence-electron chi connectivity index (χ1n) is 6.29. The zero-order chi connectivity index (χ0) is 12.6. The Kier molecular flexibility index (Phi) is 2.87. The van der Waals surface area contributed by atoms with Crippen molar-refractivity contribution < 1.29 is 19.1 Å². The highest BCUT2D eigenvalue weighted by Gasteiger charge is 2.43. The first-order chi connectivity index (χ1) is 8.67. The van der Waals surface area contributed by atoms with Crippen molar-refractivity contribution in [2.24, 2.45) is 5.41 Å². The van der Waals surface area contributed by atoms with Crippen molar-refractivity contribution in [2.45, 2.75) is 19.4 Å². The Bertz CT molecular complexity index is 440. The quantitative estimate of drug-likeness (QED) is 0.883. The van der Waals surface area contributed by atoms with Crippen molar-refractivity contribution in [2.75, 3.05) is 26.3 Å². The molecule has 18 heavy (non-hydrogen) atoms. The summed E-state index contributed by atoms with van der Waals surface area (Å²) < 4.78 is 10.6. The first kappa shape index (κ1) is 11.7. The second-order valence-corrected chi connectivity index (χ2v) is 5.33. The van der Waals surface area contributed by atoms with Gasteiger partial charge in [0.2, 0.25) is 5.76 Å². The van der Waals surface area contributed by atoms with Gasteiger partial charge in [-0.1, -0.05) is 0 Å². The second kappa shape index (κ2) is 4.40. The molecule has 5 heteroatoms. The molecule has 0 bridgehead atoms. The average molecular weight is 251 g/mol. The van der Waals surface area contributed by atoms with E-state index < -0.39 is 5.97 Å². The standard InChI is InChI=1S/C13H17NO4/c15-12(16)11-2-1-10(18-11)7-14-8-13(9-14)3-5-17-6-4-13/h1-2H,3-9H2,(H,15,16). The molecule has 2 saturated heterocycles. The van der Waals surface area contributed by atoms with E-state index in [-0.39, 0.29) is 5.76 Å². The van der Waals surface area contributed by atoms with Crippen LogP contribution in [0.25, 0.3) is 0 Å². The summed E-state index contributed by atoms with van der Waals surface area (Å²) in [5.74, 6) is -0.258. The molecule has 2 aliphatic rings. The summed E-state index contributed by atoms with van der Waals surface area (Å²) in [5, 5.41) is 8.78. The number of hydrogen-bond acceptors (Lipinski definition) is 4. The van der Waals surface area contributed by atoms with E-state index in [4.69, 9.17) is 14.3 Å². The van der Waals surface area contributed by atoms with E-state index in [0.717, 1.165) is 44.9 Å². The number of carboxylic acids is 1. The monoisotopic (exact) mass is 251 g/mol. The van der Waals surface area contributed by atoms with Gasteiger partial charge < -0.3 is 14.3 Å². The van der Waals surface area contributed by atoms with Gasteiger partial charge in [-0.25, -0.2) is 4.79 Å². The smallest absolute Gasteiger partial charge is 0.371 e. The molecule has 0 radical (unpaired) electrons. The summed E-state index contributed by atoms with van der Waals surface area (Å²) in [4.78, 5) is 13.0. The molecule has 2 fully saturated rings. The van der Waals surface area contributed by atoms with E-state index in [1.165, 1.54) is 6.07 Å². The Hall–Kier alpha value is -1.33. The summed E-state index contributed by atoms with van der Waals surface area (Å²) in [7, 11) is 0. The van der Waals surface area contributed by atoms with Gasteiger partial charge in [-0.3, -0.25) is 4.90 Å². The van der Waals surface area contributed by atoms with E-state index in [9.17, 15) is 4.79 Å². The number of aromatic carboxylic acids is 1. The average Bonchev–Trinajstić information content (AvgIpc) is 2.77. The highest BCUT2D eigenvalue weighted by atomic mass is 16.5. The largest absolute Gasteiger partial charge is 0.475 e. The second-order valence-electron chi connectivity index (χ2n) is 5.33. The van der Waals surface area contributed by atoms with Crippen LogP contribution in [0, 0.1) is 5.41 Å². The van der Waals surface area contributed by atoms with Crippen LogP contribution in [-0.2, 0) is 11.3 Å². The molecule has 3 heterocycles. The van der Waals surface area contributed by atoms with Crippen LogP contribution in [-0.4, -0.2) is 42.3 Å². The number of carboxylic acid groups (broad SMARTS) is 1. The van der Waals surface area contributed by atoms with E-state index in [0.29, 0.717) is 12.0 Å². The van der Waals surface area contributed by atoms with E-state index in [2.05, 4.69) is 4.90 Å². The molecule has 1 aromatic heterocycles. The number of rotatable bonds is 3. The maximum Gasteiger partial charge on any atom is 0.371 e. The molecule has 1 N–H and O–H groups in total. The fourth-order valence-corrected chi connectivity index (χ4v) is 2.93. The molecule has 0 saturated carbocycles. The SMILES string of the molecule is O=C(O)c1ccc(CN2CC3(CCOCC3)C2)o1. The normalized spacial score (nSPS) is 22.9. The predicted molar refractivity (Wildman–Crippen MR) is 63.4 cm³/mol. The van der Waals surface area contributed by atoms with Gasteiger partial charge in [-0.05, 0) is 25.0 Å². The van der Waals surface area contributed by atoms with Crippen molar-refractivity contribution in [1.29, 1.82) is 0 Å². The summed E-state index contributed by atoms with van der Waals surface area (Å²) >= 11 is 0. The molecule has 1 spiro atoms. The lowest BCUT2D eigenvalue weighted by atomic mass is 9.73. The van der Waals surface area contributed by atoms with E-state index in [1.807, 2.05) is 0 Å². The Balaban J connectivity index is 1.54. The number of carbonyl (C=O) groups is 1. The minimum Gasteiger partial charge on any atom is -0.475 e. The van der Waals surface area contributed by atoms with Crippen LogP contribution in [0.15, 0.2) is 16.5 Å². The first-order valence-corrected chi connectivity index (χ1v) is 6.29. The molecule has 1 aromatic rings. The lowest BCUT2D eigenvalue weighted by Gasteiger charge is -2.52.